The molecule has 1 fully saturated rings. The van der Waals surface area contributed by atoms with E-state index in [0.29, 0.717) is 5.69 Å². The van der Waals surface area contributed by atoms with Crippen molar-refractivity contribution < 1.29 is 22.7 Å². The molecule has 1 aromatic carbocycles. The number of anilines is 1. The molecule has 0 bridgehead atoms. The first-order chi connectivity index (χ1) is 9.85. The first-order valence-corrected chi connectivity index (χ1v) is 6.75. The molecule has 0 saturated carbocycles. The maximum absolute atomic E-state index is 12.2. The van der Waals surface area contributed by atoms with Crippen LogP contribution in [0, 0.1) is 5.92 Å². The SMILES string of the molecule is CC1NCCCC1C(=O)Nc1cccc(OC(F)(F)F)c1. The van der Waals surface area contributed by atoms with Crippen molar-refractivity contribution in [3.8, 4) is 5.75 Å². The summed E-state index contributed by atoms with van der Waals surface area (Å²) in [5, 5.41) is 5.85. The topological polar surface area (TPSA) is 50.4 Å². The van der Waals surface area contributed by atoms with E-state index in [1.165, 1.54) is 18.2 Å². The molecule has 7 heteroatoms. The summed E-state index contributed by atoms with van der Waals surface area (Å²) in [6.07, 6.45) is -3.08. The summed E-state index contributed by atoms with van der Waals surface area (Å²) in [5.74, 6) is -0.736. The predicted molar refractivity (Wildman–Crippen MR) is 71.9 cm³/mol. The summed E-state index contributed by atoms with van der Waals surface area (Å²) in [5.41, 5.74) is 0.291. The molecular weight excluding hydrogens is 285 g/mol. The number of halogens is 3. The lowest BCUT2D eigenvalue weighted by molar-refractivity contribution is -0.274. The highest BCUT2D eigenvalue weighted by molar-refractivity contribution is 5.93. The second-order valence-electron chi connectivity index (χ2n) is 5.06. The maximum Gasteiger partial charge on any atom is 0.573 e. The molecule has 2 unspecified atom stereocenters. The zero-order valence-electron chi connectivity index (χ0n) is 11.5. The van der Waals surface area contributed by atoms with Crippen LogP contribution in [0.1, 0.15) is 19.8 Å². The maximum atomic E-state index is 12.2. The normalized spacial score (nSPS) is 22.7. The number of carbonyl (C=O) groups excluding carboxylic acids is 1. The third kappa shape index (κ3) is 4.63. The molecule has 1 aromatic rings. The number of nitrogens with one attached hydrogen (secondary N) is 2. The van der Waals surface area contributed by atoms with Gasteiger partial charge in [0, 0.05) is 17.8 Å². The van der Waals surface area contributed by atoms with Gasteiger partial charge in [-0.25, -0.2) is 0 Å². The molecule has 2 rings (SSSR count). The van der Waals surface area contributed by atoms with Gasteiger partial charge in [0.25, 0.3) is 0 Å². The van der Waals surface area contributed by atoms with E-state index >= 15 is 0 Å². The van der Waals surface area contributed by atoms with E-state index in [2.05, 4.69) is 15.4 Å². The smallest absolute Gasteiger partial charge is 0.406 e. The van der Waals surface area contributed by atoms with Crippen LogP contribution in [0.15, 0.2) is 24.3 Å². The van der Waals surface area contributed by atoms with Crippen LogP contribution in [0.2, 0.25) is 0 Å². The Morgan fingerprint density at radius 2 is 2.19 bits per heavy atom. The van der Waals surface area contributed by atoms with Crippen LogP contribution in [0.5, 0.6) is 5.75 Å². The minimum Gasteiger partial charge on any atom is -0.406 e. The first-order valence-electron chi connectivity index (χ1n) is 6.75. The van der Waals surface area contributed by atoms with Gasteiger partial charge in [-0.3, -0.25) is 4.79 Å². The lowest BCUT2D eigenvalue weighted by atomic mass is 9.91. The molecule has 0 aliphatic carbocycles. The second-order valence-corrected chi connectivity index (χ2v) is 5.06. The van der Waals surface area contributed by atoms with Crippen molar-refractivity contribution in [2.24, 2.45) is 5.92 Å². The molecule has 2 N–H and O–H groups in total. The van der Waals surface area contributed by atoms with Crippen LogP contribution in [0.3, 0.4) is 0 Å². The van der Waals surface area contributed by atoms with Gasteiger partial charge in [-0.1, -0.05) is 6.07 Å². The summed E-state index contributed by atoms with van der Waals surface area (Å²) >= 11 is 0. The van der Waals surface area contributed by atoms with Crippen LogP contribution in [0.25, 0.3) is 0 Å². The minimum atomic E-state index is -4.75. The molecule has 1 heterocycles. The van der Waals surface area contributed by atoms with Crippen LogP contribution in [-0.4, -0.2) is 24.9 Å². The average Bonchev–Trinajstić information content (AvgIpc) is 2.37. The molecule has 0 radical (unpaired) electrons. The third-order valence-corrected chi connectivity index (χ3v) is 3.43. The molecule has 21 heavy (non-hydrogen) atoms. The highest BCUT2D eigenvalue weighted by Crippen LogP contribution is 2.26. The van der Waals surface area contributed by atoms with Gasteiger partial charge in [-0.15, -0.1) is 13.2 Å². The third-order valence-electron chi connectivity index (χ3n) is 3.43. The number of alkyl halides is 3. The Kier molecular flexibility index (Phi) is 4.72. The number of rotatable bonds is 3. The second kappa shape index (κ2) is 6.34. The molecular formula is C14H17F3N2O2. The Bertz CT molecular complexity index is 505. The van der Waals surface area contributed by atoms with E-state index in [0.717, 1.165) is 25.5 Å². The zero-order valence-corrected chi connectivity index (χ0v) is 11.5. The van der Waals surface area contributed by atoms with Crippen molar-refractivity contribution in [1.82, 2.24) is 5.32 Å². The zero-order chi connectivity index (χ0) is 15.5. The van der Waals surface area contributed by atoms with Gasteiger partial charge in [0.15, 0.2) is 0 Å². The lowest BCUT2D eigenvalue weighted by Crippen LogP contribution is -2.44. The Hall–Kier alpha value is -1.76. The fourth-order valence-corrected chi connectivity index (χ4v) is 2.41. The Morgan fingerprint density at radius 1 is 1.43 bits per heavy atom. The molecule has 0 aromatic heterocycles. The van der Waals surface area contributed by atoms with Gasteiger partial charge < -0.3 is 15.4 Å². The van der Waals surface area contributed by atoms with E-state index in [4.69, 9.17) is 0 Å². The molecule has 1 aliphatic heterocycles. The number of benzene rings is 1. The molecule has 1 aliphatic rings. The number of amides is 1. The summed E-state index contributed by atoms with van der Waals surface area (Å²) < 4.78 is 40.3. The summed E-state index contributed by atoms with van der Waals surface area (Å²) in [6, 6.07) is 5.33. The Balaban J connectivity index is 2.02. The standard InChI is InChI=1S/C14H17F3N2O2/c1-9-12(6-3-7-18-9)13(20)19-10-4-2-5-11(8-10)21-14(15,16)17/h2,4-5,8-9,12,18H,3,6-7H2,1H3,(H,19,20). The number of ether oxygens (including phenoxy) is 1. The molecule has 1 amide bonds. The molecule has 116 valence electrons. The first kappa shape index (κ1) is 15.6. The van der Waals surface area contributed by atoms with Crippen molar-refractivity contribution in [3.63, 3.8) is 0 Å². The largest absolute Gasteiger partial charge is 0.573 e. The fourth-order valence-electron chi connectivity index (χ4n) is 2.41. The van der Waals surface area contributed by atoms with Gasteiger partial charge in [-0.2, -0.15) is 0 Å². The Labute approximate surface area is 120 Å². The average molecular weight is 302 g/mol. The predicted octanol–water partition coefficient (Wildman–Crippen LogP) is 2.91. The number of hydrogen-bond acceptors (Lipinski definition) is 3. The summed E-state index contributed by atoms with van der Waals surface area (Å²) in [6.45, 7) is 2.80. The molecule has 4 nitrogen and oxygen atoms in total. The monoisotopic (exact) mass is 302 g/mol. The summed E-state index contributed by atoms with van der Waals surface area (Å²) in [7, 11) is 0. The number of hydrogen-bond donors (Lipinski definition) is 2. The number of carbonyl (C=O) groups is 1. The van der Waals surface area contributed by atoms with Crippen molar-refractivity contribution >= 4 is 11.6 Å². The minimum absolute atomic E-state index is 0.0494. The van der Waals surface area contributed by atoms with Crippen molar-refractivity contribution in [2.45, 2.75) is 32.2 Å². The fraction of sp³-hybridized carbons (Fsp3) is 0.500. The van der Waals surface area contributed by atoms with Gasteiger partial charge in [0.05, 0.1) is 5.92 Å². The van der Waals surface area contributed by atoms with Crippen LogP contribution < -0.4 is 15.4 Å². The summed E-state index contributed by atoms with van der Waals surface area (Å²) in [4.78, 5) is 12.2. The van der Waals surface area contributed by atoms with E-state index < -0.39 is 6.36 Å². The van der Waals surface area contributed by atoms with Gasteiger partial charge in [0.2, 0.25) is 5.91 Å². The highest BCUT2D eigenvalue weighted by Gasteiger charge is 2.31. The molecule has 1 saturated heterocycles. The van der Waals surface area contributed by atoms with Gasteiger partial charge >= 0.3 is 6.36 Å². The van der Waals surface area contributed by atoms with Crippen LogP contribution >= 0.6 is 0 Å². The Morgan fingerprint density at radius 3 is 2.86 bits per heavy atom. The van der Waals surface area contributed by atoms with Crippen molar-refractivity contribution in [3.05, 3.63) is 24.3 Å². The number of piperidine rings is 1. The van der Waals surface area contributed by atoms with E-state index in [1.807, 2.05) is 6.92 Å². The van der Waals surface area contributed by atoms with Crippen molar-refractivity contribution in [2.75, 3.05) is 11.9 Å². The van der Waals surface area contributed by atoms with Crippen LogP contribution in [-0.2, 0) is 4.79 Å². The van der Waals surface area contributed by atoms with Crippen LogP contribution in [0.4, 0.5) is 18.9 Å². The van der Waals surface area contributed by atoms with E-state index in [1.54, 1.807) is 0 Å². The highest BCUT2D eigenvalue weighted by atomic mass is 19.4. The van der Waals surface area contributed by atoms with E-state index in [-0.39, 0.29) is 23.6 Å². The quantitative estimate of drug-likeness (QED) is 0.902. The van der Waals surface area contributed by atoms with Crippen molar-refractivity contribution in [1.29, 1.82) is 0 Å². The van der Waals surface area contributed by atoms with Gasteiger partial charge in [0.1, 0.15) is 5.75 Å². The molecule has 0 spiro atoms. The molecule has 2 atom stereocenters. The van der Waals surface area contributed by atoms with Gasteiger partial charge in [-0.05, 0) is 38.4 Å². The lowest BCUT2D eigenvalue weighted by Gasteiger charge is -2.28. The van der Waals surface area contributed by atoms with E-state index in [9.17, 15) is 18.0 Å².